The predicted molar refractivity (Wildman–Crippen MR) is 117 cm³/mol. The van der Waals surface area contributed by atoms with Gasteiger partial charge in [0.05, 0.1) is 23.1 Å². The molecular weight excluding hydrogens is 437 g/mol. The van der Waals surface area contributed by atoms with Gasteiger partial charge in [-0.15, -0.1) is 4.36 Å². The monoisotopic (exact) mass is 457 g/mol. The van der Waals surface area contributed by atoms with Crippen molar-refractivity contribution in [1.29, 1.82) is 0 Å². The second-order valence-corrected chi connectivity index (χ2v) is 7.61. The largest absolute Gasteiger partial charge is 0.330 e. The number of nitrogens with one attached hydrogen (secondary N) is 3. The van der Waals surface area contributed by atoms with Crippen molar-refractivity contribution in [1.82, 2.24) is 15.5 Å². The normalized spacial score (nSPS) is 15.7. The molecule has 0 radical (unpaired) electrons. The molecule has 0 fully saturated rings. The molecule has 2 amide bonds. The molecule has 1 atom stereocenters. The second-order valence-electron chi connectivity index (χ2n) is 6.99. The topological polar surface area (TPSA) is 133 Å². The summed E-state index contributed by atoms with van der Waals surface area (Å²) in [7, 11) is -2.64. The number of hydrogen-bond acceptors (Lipinski definition) is 6. The summed E-state index contributed by atoms with van der Waals surface area (Å²) < 4.78 is 39.7. The minimum Gasteiger partial charge on any atom is -0.330 e. The van der Waals surface area contributed by atoms with E-state index in [-0.39, 0.29) is 36.7 Å². The maximum absolute atomic E-state index is 14.5. The van der Waals surface area contributed by atoms with Crippen molar-refractivity contribution in [2.75, 3.05) is 5.32 Å². The lowest BCUT2D eigenvalue weighted by Gasteiger charge is -2.27. The van der Waals surface area contributed by atoms with E-state index in [1.54, 1.807) is 19.1 Å². The van der Waals surface area contributed by atoms with E-state index in [1.165, 1.54) is 30.5 Å². The Morgan fingerprint density at radius 1 is 1.28 bits per heavy atom. The third kappa shape index (κ3) is 4.57. The van der Waals surface area contributed by atoms with Gasteiger partial charge in [0.2, 0.25) is 5.91 Å². The van der Waals surface area contributed by atoms with Gasteiger partial charge in [-0.3, -0.25) is 14.7 Å². The fourth-order valence-electron chi connectivity index (χ4n) is 3.62. The Morgan fingerprint density at radius 3 is 2.81 bits per heavy atom. The van der Waals surface area contributed by atoms with Crippen LogP contribution < -0.4 is 10.6 Å². The molecule has 3 N–H and O–H groups in total. The van der Waals surface area contributed by atoms with Crippen molar-refractivity contribution in [3.63, 3.8) is 0 Å². The van der Waals surface area contributed by atoms with Crippen LogP contribution in [-0.2, 0) is 20.1 Å². The minimum absolute atomic E-state index is 0. The van der Waals surface area contributed by atoms with Gasteiger partial charge in [0.25, 0.3) is 5.91 Å². The SMILES string of the molecule is C.CC1=C(C(=O)Nc2cc3cn[nH]c3cc2F)C(c2cccc(N=S(=O)=O)c2)CC(=O)N1. The molecule has 0 spiro atoms. The Morgan fingerprint density at radius 2 is 2.06 bits per heavy atom. The fraction of sp³-hybridized carbons (Fsp3) is 0.190. The van der Waals surface area contributed by atoms with Gasteiger partial charge in [-0.25, -0.2) is 4.39 Å². The van der Waals surface area contributed by atoms with Crippen LogP contribution in [0, 0.1) is 5.82 Å². The number of nitrogens with zero attached hydrogens (tertiary/aromatic N) is 2. The molecule has 2 aromatic carbocycles. The number of aromatic nitrogens is 2. The first-order valence-corrected chi connectivity index (χ1v) is 10.2. The van der Waals surface area contributed by atoms with Crippen LogP contribution in [0.3, 0.4) is 0 Å². The number of allylic oxidation sites excluding steroid dienone is 1. The highest BCUT2D eigenvalue weighted by Gasteiger charge is 2.32. The molecule has 1 aromatic heterocycles. The van der Waals surface area contributed by atoms with Gasteiger partial charge < -0.3 is 10.6 Å². The lowest BCUT2D eigenvalue weighted by Crippen LogP contribution is -2.35. The highest BCUT2D eigenvalue weighted by molar-refractivity contribution is 7.61. The predicted octanol–water partition coefficient (Wildman–Crippen LogP) is 3.55. The smallest absolute Gasteiger partial charge is 0.316 e. The van der Waals surface area contributed by atoms with E-state index in [0.29, 0.717) is 22.2 Å². The van der Waals surface area contributed by atoms with Gasteiger partial charge in [0.1, 0.15) is 5.82 Å². The van der Waals surface area contributed by atoms with Crippen LogP contribution in [0.15, 0.2) is 58.2 Å². The Balaban J connectivity index is 0.00000289. The molecule has 0 saturated heterocycles. The highest BCUT2D eigenvalue weighted by atomic mass is 32.2. The van der Waals surface area contributed by atoms with Crippen molar-refractivity contribution in [2.45, 2.75) is 26.7 Å². The number of carbonyl (C=O) groups excluding carboxylic acids is 2. The number of rotatable bonds is 4. The van der Waals surface area contributed by atoms with E-state index in [4.69, 9.17) is 0 Å². The highest BCUT2D eigenvalue weighted by Crippen LogP contribution is 2.35. The summed E-state index contributed by atoms with van der Waals surface area (Å²) in [6, 6.07) is 8.94. The van der Waals surface area contributed by atoms with Gasteiger partial charge in [-0.05, 0) is 30.7 Å². The van der Waals surface area contributed by atoms with E-state index in [2.05, 4.69) is 25.2 Å². The first-order valence-electron chi connectivity index (χ1n) is 9.17. The third-order valence-corrected chi connectivity index (χ3v) is 5.30. The molecule has 1 unspecified atom stereocenters. The Hall–Kier alpha value is -3.86. The average molecular weight is 457 g/mol. The molecule has 2 heterocycles. The van der Waals surface area contributed by atoms with Crippen molar-refractivity contribution in [3.05, 3.63) is 65.2 Å². The standard InChI is InChI=1S/C20H16FN5O4S.CH4/c1-10-19(20(28)24-17-6-12-9-22-25-16(12)8-15(17)21)14(7-18(27)23-10)11-3-2-4-13(5-11)26-31(29)30;/h2-6,8-9,14H,7H2,1H3,(H,22,25)(H,23,27)(H,24,28);1H4. The molecule has 11 heteroatoms. The van der Waals surface area contributed by atoms with Crippen LogP contribution in [-0.4, -0.2) is 30.4 Å². The number of amides is 2. The van der Waals surface area contributed by atoms with Gasteiger partial charge in [-0.1, -0.05) is 19.6 Å². The molecule has 0 saturated carbocycles. The number of anilines is 1. The van der Waals surface area contributed by atoms with Crippen LogP contribution in [0.4, 0.5) is 15.8 Å². The quantitative estimate of drug-likeness (QED) is 0.551. The summed E-state index contributed by atoms with van der Waals surface area (Å²) in [4.78, 5) is 25.3. The molecule has 0 aliphatic carbocycles. The number of fused-ring (bicyclic) bond motifs is 1. The van der Waals surface area contributed by atoms with Crippen molar-refractivity contribution in [3.8, 4) is 0 Å². The van der Waals surface area contributed by atoms with E-state index >= 15 is 0 Å². The van der Waals surface area contributed by atoms with Crippen molar-refractivity contribution < 1.29 is 22.4 Å². The maximum Gasteiger partial charge on any atom is 0.316 e. The number of H-pyrrole nitrogens is 1. The van der Waals surface area contributed by atoms with E-state index < -0.39 is 28.1 Å². The molecule has 1 aliphatic rings. The van der Waals surface area contributed by atoms with Crippen LogP contribution in [0.1, 0.15) is 32.3 Å². The first kappa shape index (κ1) is 22.8. The number of halogens is 1. The molecule has 4 rings (SSSR count). The zero-order chi connectivity index (χ0) is 22.1. The van der Waals surface area contributed by atoms with Crippen molar-refractivity contribution in [2.24, 2.45) is 4.36 Å². The minimum atomic E-state index is -2.64. The number of carbonyl (C=O) groups is 2. The maximum atomic E-state index is 14.5. The lowest BCUT2D eigenvalue weighted by molar-refractivity contribution is -0.121. The van der Waals surface area contributed by atoms with Crippen LogP contribution in [0.25, 0.3) is 10.9 Å². The number of hydrogen-bond donors (Lipinski definition) is 3. The molecule has 9 nitrogen and oxygen atoms in total. The third-order valence-electron chi connectivity index (χ3n) is 4.94. The molecule has 32 heavy (non-hydrogen) atoms. The molecule has 166 valence electrons. The fourth-order valence-corrected chi connectivity index (χ4v) is 3.91. The van der Waals surface area contributed by atoms with E-state index in [9.17, 15) is 22.4 Å². The Bertz CT molecular complexity index is 1390. The van der Waals surface area contributed by atoms with Crippen LogP contribution in [0.2, 0.25) is 0 Å². The second kappa shape index (κ2) is 9.10. The van der Waals surface area contributed by atoms with Gasteiger partial charge in [0.15, 0.2) is 0 Å². The molecule has 3 aromatic rings. The van der Waals surface area contributed by atoms with Gasteiger partial charge in [-0.2, -0.15) is 13.5 Å². The van der Waals surface area contributed by atoms with Crippen molar-refractivity contribution >= 4 is 44.6 Å². The zero-order valence-corrected chi connectivity index (χ0v) is 17.0. The Labute approximate surface area is 184 Å². The molecule has 1 aliphatic heterocycles. The summed E-state index contributed by atoms with van der Waals surface area (Å²) >= 11 is 0. The summed E-state index contributed by atoms with van der Waals surface area (Å²) in [5.74, 6) is -2.18. The summed E-state index contributed by atoms with van der Waals surface area (Å²) in [6.07, 6.45) is 1.47. The van der Waals surface area contributed by atoms with E-state index in [1.807, 2.05) is 0 Å². The first-order chi connectivity index (χ1) is 14.8. The molecular formula is C21H20FN5O4S. The number of aromatic amines is 1. The summed E-state index contributed by atoms with van der Waals surface area (Å²) in [6.45, 7) is 1.58. The van der Waals surface area contributed by atoms with Gasteiger partial charge >= 0.3 is 10.5 Å². The summed E-state index contributed by atoms with van der Waals surface area (Å²) in [5, 5.41) is 12.3. The number of benzene rings is 2. The van der Waals surface area contributed by atoms with Crippen LogP contribution in [0.5, 0.6) is 0 Å². The average Bonchev–Trinajstić information content (AvgIpc) is 3.14. The van der Waals surface area contributed by atoms with E-state index in [0.717, 1.165) is 0 Å². The van der Waals surface area contributed by atoms with Gasteiger partial charge in [0, 0.05) is 35.1 Å². The zero-order valence-electron chi connectivity index (χ0n) is 16.1. The summed E-state index contributed by atoms with van der Waals surface area (Å²) in [5.41, 5.74) is 1.75. The Kier molecular flexibility index (Phi) is 6.49. The van der Waals surface area contributed by atoms with Crippen LogP contribution >= 0.6 is 0 Å². The lowest BCUT2D eigenvalue weighted by atomic mass is 9.84. The molecule has 0 bridgehead atoms.